The summed E-state index contributed by atoms with van der Waals surface area (Å²) in [6.45, 7) is 6.65. The van der Waals surface area contributed by atoms with Crippen molar-refractivity contribution in [2.45, 2.75) is 44.8 Å². The number of Topliss-reactive ketones (excluding diaryl/α,β-unsaturated/α-hetero) is 1. The van der Waals surface area contributed by atoms with Crippen molar-refractivity contribution in [2.75, 3.05) is 39.4 Å². The largest absolute Gasteiger partial charge is 0.444 e. The maximum absolute atomic E-state index is 14.4. The molecule has 2 aliphatic heterocycles. The summed E-state index contributed by atoms with van der Waals surface area (Å²) in [6.07, 6.45) is -0.993. The van der Waals surface area contributed by atoms with Crippen LogP contribution in [-0.4, -0.2) is 72.7 Å². The number of hydrogen-bond acceptors (Lipinski definition) is 5. The van der Waals surface area contributed by atoms with Crippen LogP contribution in [0, 0.1) is 23.3 Å². The summed E-state index contributed by atoms with van der Waals surface area (Å²) >= 11 is 0. The average molecular weight is 527 g/mol. The lowest BCUT2D eigenvalue weighted by Gasteiger charge is -2.30. The molecule has 32 heavy (non-hydrogen) atoms. The Hall–Kier alpha value is -1.72. The molecule has 0 N–H and O–H groups in total. The fourth-order valence-corrected chi connectivity index (χ4v) is 3.91. The highest BCUT2D eigenvalue weighted by atomic mass is 79.9. The first-order valence-electron chi connectivity index (χ1n) is 10.1. The van der Waals surface area contributed by atoms with Crippen LogP contribution in [0.4, 0.5) is 22.4 Å². The summed E-state index contributed by atoms with van der Waals surface area (Å²) in [5.74, 6) is -7.53. The zero-order chi connectivity index (χ0) is 22.9. The highest BCUT2D eigenvalue weighted by molar-refractivity contribution is 8.93. The highest BCUT2D eigenvalue weighted by Gasteiger charge is 2.44. The minimum Gasteiger partial charge on any atom is -0.444 e. The van der Waals surface area contributed by atoms with Crippen molar-refractivity contribution in [1.29, 1.82) is 0 Å². The molecule has 0 spiro atoms. The molecule has 0 saturated carbocycles. The molecular weight excluding hydrogens is 500 g/mol. The molecule has 0 aliphatic carbocycles. The topological polar surface area (TPSA) is 59.1 Å². The van der Waals surface area contributed by atoms with Gasteiger partial charge in [-0.1, -0.05) is 0 Å². The second-order valence-electron chi connectivity index (χ2n) is 8.82. The van der Waals surface area contributed by atoms with E-state index in [1.807, 2.05) is 4.90 Å². The maximum atomic E-state index is 14.4. The molecule has 3 rings (SSSR count). The molecule has 1 aromatic rings. The Kier molecular flexibility index (Phi) is 8.69. The van der Waals surface area contributed by atoms with Gasteiger partial charge < -0.3 is 9.47 Å². The molecule has 2 saturated heterocycles. The SMILES string of the molecule is Br.CC(C)(C)OC(=O)N1C[C@@H](c2c(F)c(F)cc(F)c2F)CC1C(=O)CN1CCOCC1. The number of amides is 1. The average Bonchev–Trinajstić information content (AvgIpc) is 3.11. The summed E-state index contributed by atoms with van der Waals surface area (Å²) in [6, 6.07) is -0.900. The van der Waals surface area contributed by atoms with E-state index in [2.05, 4.69) is 0 Å². The molecular formula is C21H27BrF4N2O4. The summed E-state index contributed by atoms with van der Waals surface area (Å²) in [4.78, 5) is 28.7. The van der Waals surface area contributed by atoms with E-state index in [9.17, 15) is 27.2 Å². The lowest BCUT2D eigenvalue weighted by atomic mass is 9.93. The molecule has 0 radical (unpaired) electrons. The van der Waals surface area contributed by atoms with Gasteiger partial charge in [-0.15, -0.1) is 17.0 Å². The van der Waals surface area contributed by atoms with Crippen molar-refractivity contribution >= 4 is 28.9 Å². The van der Waals surface area contributed by atoms with Gasteiger partial charge in [0.25, 0.3) is 0 Å². The zero-order valence-corrected chi connectivity index (χ0v) is 19.8. The van der Waals surface area contributed by atoms with Crippen molar-refractivity contribution < 1.29 is 36.6 Å². The summed E-state index contributed by atoms with van der Waals surface area (Å²) in [5, 5.41) is 0. The molecule has 0 bridgehead atoms. The minimum absolute atomic E-state index is 0. The molecule has 11 heteroatoms. The maximum Gasteiger partial charge on any atom is 0.410 e. The molecule has 2 fully saturated rings. The number of ether oxygens (including phenoxy) is 2. The first kappa shape index (κ1) is 26.5. The van der Waals surface area contributed by atoms with Gasteiger partial charge in [0.15, 0.2) is 29.1 Å². The van der Waals surface area contributed by atoms with E-state index in [-0.39, 0.29) is 48.3 Å². The Morgan fingerprint density at radius 2 is 1.66 bits per heavy atom. The van der Waals surface area contributed by atoms with Crippen LogP contribution in [0.1, 0.15) is 38.7 Å². The number of rotatable bonds is 4. The Morgan fingerprint density at radius 3 is 2.19 bits per heavy atom. The van der Waals surface area contributed by atoms with Gasteiger partial charge in [-0.2, -0.15) is 0 Å². The van der Waals surface area contributed by atoms with Gasteiger partial charge in [0, 0.05) is 37.2 Å². The summed E-state index contributed by atoms with van der Waals surface area (Å²) in [7, 11) is 0. The van der Waals surface area contributed by atoms with Gasteiger partial charge in [-0.25, -0.2) is 22.4 Å². The van der Waals surface area contributed by atoms with Gasteiger partial charge in [0.05, 0.1) is 25.8 Å². The van der Waals surface area contributed by atoms with E-state index in [1.165, 1.54) is 0 Å². The van der Waals surface area contributed by atoms with E-state index in [0.717, 1.165) is 4.90 Å². The van der Waals surface area contributed by atoms with Crippen molar-refractivity contribution in [2.24, 2.45) is 0 Å². The normalized spacial score (nSPS) is 21.9. The number of likely N-dealkylation sites (tertiary alicyclic amines) is 1. The van der Waals surface area contributed by atoms with Crippen LogP contribution < -0.4 is 0 Å². The Labute approximate surface area is 194 Å². The van der Waals surface area contributed by atoms with Gasteiger partial charge in [0.2, 0.25) is 0 Å². The minimum atomic E-state index is -1.53. The standard InChI is InChI=1S/C21H26F4N2O4.BrH/c1-21(2,3)31-20(29)27-10-12(17-18(24)13(22)9-14(23)19(17)25)8-15(27)16(28)11-26-4-6-30-7-5-26;/h9,12,15H,4-8,10-11H2,1-3H3;1H/t12-,15?;/m0./s1. The smallest absolute Gasteiger partial charge is 0.410 e. The second-order valence-corrected chi connectivity index (χ2v) is 8.82. The van der Waals surface area contributed by atoms with E-state index < -0.39 is 52.5 Å². The number of carbonyl (C=O) groups is 2. The van der Waals surface area contributed by atoms with Crippen LogP contribution in [0.3, 0.4) is 0 Å². The molecule has 180 valence electrons. The Balaban J connectivity index is 0.00000363. The first-order valence-corrected chi connectivity index (χ1v) is 10.1. The summed E-state index contributed by atoms with van der Waals surface area (Å²) in [5.41, 5.74) is -1.67. The van der Waals surface area contributed by atoms with E-state index in [1.54, 1.807) is 20.8 Å². The molecule has 6 nitrogen and oxygen atoms in total. The van der Waals surface area contributed by atoms with Crippen LogP contribution >= 0.6 is 17.0 Å². The van der Waals surface area contributed by atoms with Gasteiger partial charge in [0.1, 0.15) is 5.60 Å². The predicted octanol–water partition coefficient (Wildman–Crippen LogP) is 3.82. The molecule has 1 aromatic carbocycles. The molecule has 1 amide bonds. The van der Waals surface area contributed by atoms with Crippen molar-refractivity contribution in [1.82, 2.24) is 9.80 Å². The Morgan fingerprint density at radius 1 is 1.09 bits per heavy atom. The fourth-order valence-electron chi connectivity index (χ4n) is 3.91. The third-order valence-corrected chi connectivity index (χ3v) is 5.34. The Bertz CT molecular complexity index is 833. The number of ketones is 1. The number of carbonyl (C=O) groups excluding carboxylic acids is 2. The number of halogens is 5. The van der Waals surface area contributed by atoms with Gasteiger partial charge >= 0.3 is 6.09 Å². The quantitative estimate of drug-likeness (QED) is 0.441. The van der Waals surface area contributed by atoms with Crippen LogP contribution in [0.2, 0.25) is 0 Å². The molecule has 2 atom stereocenters. The molecule has 2 aliphatic rings. The fraction of sp³-hybridized carbons (Fsp3) is 0.619. The third kappa shape index (κ3) is 5.99. The highest BCUT2D eigenvalue weighted by Crippen LogP contribution is 2.37. The van der Waals surface area contributed by atoms with E-state index in [4.69, 9.17) is 9.47 Å². The predicted molar refractivity (Wildman–Crippen MR) is 113 cm³/mol. The summed E-state index contributed by atoms with van der Waals surface area (Å²) < 4.78 is 66.8. The lowest BCUT2D eigenvalue weighted by molar-refractivity contribution is -0.125. The molecule has 0 aromatic heterocycles. The van der Waals surface area contributed by atoms with E-state index in [0.29, 0.717) is 26.3 Å². The van der Waals surface area contributed by atoms with Gasteiger partial charge in [-0.05, 0) is 27.2 Å². The van der Waals surface area contributed by atoms with E-state index >= 15 is 0 Å². The van der Waals surface area contributed by atoms with Crippen molar-refractivity contribution in [3.63, 3.8) is 0 Å². The first-order chi connectivity index (χ1) is 14.5. The lowest BCUT2D eigenvalue weighted by Crippen LogP contribution is -2.48. The number of benzene rings is 1. The number of morpholine rings is 1. The van der Waals surface area contributed by atoms with Crippen molar-refractivity contribution in [3.05, 3.63) is 34.9 Å². The molecule has 2 heterocycles. The van der Waals surface area contributed by atoms with Crippen LogP contribution in [0.5, 0.6) is 0 Å². The molecule has 1 unspecified atom stereocenters. The third-order valence-electron chi connectivity index (χ3n) is 5.34. The van der Waals surface area contributed by atoms with Crippen LogP contribution in [0.25, 0.3) is 0 Å². The van der Waals surface area contributed by atoms with Crippen LogP contribution in [0.15, 0.2) is 6.07 Å². The second kappa shape index (κ2) is 10.5. The number of nitrogens with zero attached hydrogens (tertiary/aromatic N) is 2. The number of hydrogen-bond donors (Lipinski definition) is 0. The van der Waals surface area contributed by atoms with Gasteiger partial charge in [-0.3, -0.25) is 14.6 Å². The monoisotopic (exact) mass is 526 g/mol. The van der Waals surface area contributed by atoms with Crippen molar-refractivity contribution in [3.8, 4) is 0 Å². The van der Waals surface area contributed by atoms with Crippen LogP contribution in [-0.2, 0) is 14.3 Å². The zero-order valence-electron chi connectivity index (χ0n) is 18.1.